The molecule has 2 heterocycles. The van der Waals surface area contributed by atoms with E-state index in [2.05, 4.69) is 26.6 Å². The molecule has 0 bridgehead atoms. The van der Waals surface area contributed by atoms with Gasteiger partial charge in [0.05, 0.1) is 6.54 Å². The van der Waals surface area contributed by atoms with Crippen LogP contribution in [0.25, 0.3) is 0 Å². The molecule has 1 aromatic rings. The molecule has 1 aromatic heterocycles. The van der Waals surface area contributed by atoms with Gasteiger partial charge in [0, 0.05) is 44.6 Å². The third kappa shape index (κ3) is 3.55. The third-order valence-corrected chi connectivity index (χ3v) is 4.05. The fraction of sp³-hybridized carbons (Fsp3) is 0.600. The maximum Gasteiger partial charge on any atom is 0.234 e. The summed E-state index contributed by atoms with van der Waals surface area (Å²) in [7, 11) is 0. The zero-order valence-corrected chi connectivity index (χ0v) is 11.7. The summed E-state index contributed by atoms with van der Waals surface area (Å²) < 4.78 is 0. The monoisotopic (exact) mass is 274 g/mol. The molecule has 5 heteroatoms. The summed E-state index contributed by atoms with van der Waals surface area (Å²) in [6.45, 7) is 4.04. The number of piperazine rings is 1. The number of hydrogen-bond donors (Lipinski definition) is 2. The molecule has 2 aliphatic rings. The van der Waals surface area contributed by atoms with Crippen molar-refractivity contribution in [3.8, 4) is 0 Å². The van der Waals surface area contributed by atoms with E-state index in [0.29, 0.717) is 6.54 Å². The number of nitrogens with zero attached hydrogens (tertiary/aromatic N) is 2. The van der Waals surface area contributed by atoms with Crippen molar-refractivity contribution in [1.29, 1.82) is 0 Å². The highest BCUT2D eigenvalue weighted by atomic mass is 16.2. The van der Waals surface area contributed by atoms with Gasteiger partial charge < -0.3 is 10.6 Å². The first-order valence-corrected chi connectivity index (χ1v) is 7.44. The van der Waals surface area contributed by atoms with Gasteiger partial charge in [0.25, 0.3) is 0 Å². The van der Waals surface area contributed by atoms with Crippen LogP contribution in [0.4, 0.5) is 0 Å². The normalized spacial score (nSPS) is 23.5. The first-order chi connectivity index (χ1) is 9.83. The number of rotatable bonds is 5. The first-order valence-electron chi connectivity index (χ1n) is 7.44. The molecule has 2 N–H and O–H groups in total. The van der Waals surface area contributed by atoms with Crippen LogP contribution in [-0.2, 0) is 4.79 Å². The number of nitrogens with one attached hydrogen (secondary N) is 2. The van der Waals surface area contributed by atoms with Gasteiger partial charge in [-0.15, -0.1) is 0 Å². The van der Waals surface area contributed by atoms with Crippen LogP contribution in [0, 0.1) is 5.92 Å². The maximum absolute atomic E-state index is 12.0. The molecule has 1 unspecified atom stereocenters. The Hall–Kier alpha value is -1.46. The van der Waals surface area contributed by atoms with Crippen LogP contribution in [-0.4, -0.2) is 48.5 Å². The SMILES string of the molecule is O=C(CN1CCNCC1c1cccnc1)NCC1CC1. The van der Waals surface area contributed by atoms with E-state index in [0.717, 1.165) is 32.1 Å². The van der Waals surface area contributed by atoms with Crippen molar-refractivity contribution in [3.63, 3.8) is 0 Å². The van der Waals surface area contributed by atoms with Crippen molar-refractivity contribution in [2.45, 2.75) is 18.9 Å². The van der Waals surface area contributed by atoms with Crippen LogP contribution < -0.4 is 10.6 Å². The largest absolute Gasteiger partial charge is 0.355 e. The number of hydrogen-bond acceptors (Lipinski definition) is 4. The molecule has 1 saturated carbocycles. The Morgan fingerprint density at radius 2 is 2.40 bits per heavy atom. The van der Waals surface area contributed by atoms with Crippen LogP contribution in [0.5, 0.6) is 0 Å². The molecule has 20 heavy (non-hydrogen) atoms. The van der Waals surface area contributed by atoms with E-state index in [1.165, 1.54) is 18.4 Å². The van der Waals surface area contributed by atoms with Gasteiger partial charge in [0.1, 0.15) is 0 Å². The number of amides is 1. The summed E-state index contributed by atoms with van der Waals surface area (Å²) in [4.78, 5) is 18.5. The third-order valence-electron chi connectivity index (χ3n) is 4.05. The van der Waals surface area contributed by atoms with E-state index < -0.39 is 0 Å². The molecule has 0 spiro atoms. The second kappa shape index (κ2) is 6.33. The molecule has 1 aliphatic carbocycles. The molecule has 108 valence electrons. The molecular weight excluding hydrogens is 252 g/mol. The number of carbonyl (C=O) groups is 1. The number of pyridine rings is 1. The lowest BCUT2D eigenvalue weighted by molar-refractivity contribution is -0.123. The van der Waals surface area contributed by atoms with Gasteiger partial charge in [0.2, 0.25) is 5.91 Å². The summed E-state index contributed by atoms with van der Waals surface area (Å²) >= 11 is 0. The highest BCUT2D eigenvalue weighted by Crippen LogP contribution is 2.27. The van der Waals surface area contributed by atoms with Gasteiger partial charge in [-0.25, -0.2) is 0 Å². The fourth-order valence-electron chi connectivity index (χ4n) is 2.66. The van der Waals surface area contributed by atoms with Gasteiger partial charge in [-0.05, 0) is 30.4 Å². The summed E-state index contributed by atoms with van der Waals surface area (Å²) in [6, 6.07) is 4.28. The summed E-state index contributed by atoms with van der Waals surface area (Å²) in [5.74, 6) is 0.879. The second-order valence-corrected chi connectivity index (χ2v) is 5.72. The van der Waals surface area contributed by atoms with Crippen LogP contribution >= 0.6 is 0 Å². The lowest BCUT2D eigenvalue weighted by atomic mass is 10.1. The Balaban J connectivity index is 1.58. The molecule has 2 fully saturated rings. The highest BCUT2D eigenvalue weighted by Gasteiger charge is 2.26. The second-order valence-electron chi connectivity index (χ2n) is 5.72. The topological polar surface area (TPSA) is 57.3 Å². The fourth-order valence-corrected chi connectivity index (χ4v) is 2.66. The van der Waals surface area contributed by atoms with Crippen molar-refractivity contribution >= 4 is 5.91 Å². The lowest BCUT2D eigenvalue weighted by Crippen LogP contribution is -2.49. The summed E-state index contributed by atoms with van der Waals surface area (Å²) in [5, 5.41) is 6.44. The van der Waals surface area contributed by atoms with Gasteiger partial charge in [-0.2, -0.15) is 0 Å². The van der Waals surface area contributed by atoms with Crippen LogP contribution in [0.2, 0.25) is 0 Å². The summed E-state index contributed by atoms with van der Waals surface area (Å²) in [5.41, 5.74) is 1.18. The molecule has 1 aliphatic heterocycles. The Labute approximate surface area is 119 Å². The lowest BCUT2D eigenvalue weighted by Gasteiger charge is -2.35. The van der Waals surface area contributed by atoms with Crippen molar-refractivity contribution in [3.05, 3.63) is 30.1 Å². The quantitative estimate of drug-likeness (QED) is 0.823. The zero-order chi connectivity index (χ0) is 13.8. The first kappa shape index (κ1) is 13.5. The van der Waals surface area contributed by atoms with E-state index >= 15 is 0 Å². The summed E-state index contributed by atoms with van der Waals surface area (Å²) in [6.07, 6.45) is 6.22. The van der Waals surface area contributed by atoms with Crippen LogP contribution in [0.1, 0.15) is 24.4 Å². The molecule has 1 saturated heterocycles. The smallest absolute Gasteiger partial charge is 0.234 e. The Morgan fingerprint density at radius 1 is 1.50 bits per heavy atom. The van der Waals surface area contributed by atoms with Crippen molar-refractivity contribution in [1.82, 2.24) is 20.5 Å². The van der Waals surface area contributed by atoms with Crippen LogP contribution in [0.15, 0.2) is 24.5 Å². The number of carbonyl (C=O) groups excluding carboxylic acids is 1. The minimum atomic E-state index is 0.146. The predicted molar refractivity (Wildman–Crippen MR) is 77.2 cm³/mol. The zero-order valence-electron chi connectivity index (χ0n) is 11.7. The van der Waals surface area contributed by atoms with E-state index in [4.69, 9.17) is 0 Å². The van der Waals surface area contributed by atoms with Gasteiger partial charge in [0.15, 0.2) is 0 Å². The average Bonchev–Trinajstić information content (AvgIpc) is 3.31. The molecule has 3 rings (SSSR count). The van der Waals surface area contributed by atoms with Crippen molar-refractivity contribution in [2.24, 2.45) is 5.92 Å². The standard InChI is InChI=1S/C15H22N4O/c20-15(18-8-12-3-4-12)11-19-7-6-17-10-14(19)13-2-1-5-16-9-13/h1-2,5,9,12,14,17H,3-4,6-8,10-11H2,(H,18,20). The van der Waals surface area contributed by atoms with E-state index in [1.807, 2.05) is 12.3 Å². The minimum Gasteiger partial charge on any atom is -0.355 e. The van der Waals surface area contributed by atoms with Crippen molar-refractivity contribution in [2.75, 3.05) is 32.7 Å². The Morgan fingerprint density at radius 3 is 3.15 bits per heavy atom. The molecular formula is C15H22N4O. The Bertz CT molecular complexity index is 446. The Kier molecular flexibility index (Phi) is 4.28. The maximum atomic E-state index is 12.0. The molecule has 1 amide bonds. The molecule has 5 nitrogen and oxygen atoms in total. The van der Waals surface area contributed by atoms with E-state index in [-0.39, 0.29) is 11.9 Å². The van der Waals surface area contributed by atoms with Gasteiger partial charge in [-0.1, -0.05) is 6.07 Å². The average molecular weight is 274 g/mol. The molecule has 0 aromatic carbocycles. The minimum absolute atomic E-state index is 0.146. The molecule has 1 atom stereocenters. The van der Waals surface area contributed by atoms with E-state index in [9.17, 15) is 4.79 Å². The van der Waals surface area contributed by atoms with Crippen LogP contribution in [0.3, 0.4) is 0 Å². The predicted octanol–water partition coefficient (Wildman–Crippen LogP) is 0.554. The van der Waals surface area contributed by atoms with Crippen molar-refractivity contribution < 1.29 is 4.79 Å². The van der Waals surface area contributed by atoms with E-state index in [1.54, 1.807) is 6.20 Å². The van der Waals surface area contributed by atoms with Gasteiger partial charge >= 0.3 is 0 Å². The van der Waals surface area contributed by atoms with Gasteiger partial charge in [-0.3, -0.25) is 14.7 Å². The number of aromatic nitrogens is 1. The highest BCUT2D eigenvalue weighted by molar-refractivity contribution is 5.78. The molecule has 0 radical (unpaired) electrons.